The van der Waals surface area contributed by atoms with E-state index < -0.39 is 10.8 Å². The Hall–Kier alpha value is -3.47. The van der Waals surface area contributed by atoms with Crippen molar-refractivity contribution >= 4 is 68.0 Å². The van der Waals surface area contributed by atoms with E-state index in [0.717, 1.165) is 17.3 Å². The molecule has 0 unspecified atom stereocenters. The smallest absolute Gasteiger partial charge is 0.279 e. The number of carbonyl (C=O) groups is 2. The number of rotatable bonds is 6. The number of hydrogen-bond donors (Lipinski definition) is 1. The van der Waals surface area contributed by atoms with Crippen molar-refractivity contribution in [1.29, 1.82) is 0 Å². The number of thioether (sulfide) groups is 1. The van der Waals surface area contributed by atoms with Crippen LogP contribution >= 0.6 is 39.3 Å². The second kappa shape index (κ2) is 10.9. The van der Waals surface area contributed by atoms with Gasteiger partial charge < -0.3 is 10.1 Å². The highest BCUT2D eigenvalue weighted by Gasteiger charge is 2.25. The maximum absolute atomic E-state index is 12.3. The molecule has 2 amide bonds. The highest BCUT2D eigenvalue weighted by Crippen LogP contribution is 2.31. The van der Waals surface area contributed by atoms with Crippen LogP contribution in [-0.2, 0) is 11.4 Å². The van der Waals surface area contributed by atoms with E-state index in [9.17, 15) is 19.7 Å². The van der Waals surface area contributed by atoms with Crippen molar-refractivity contribution in [1.82, 2.24) is 5.32 Å². The summed E-state index contributed by atoms with van der Waals surface area (Å²) in [5.41, 5.74) is 1.75. The van der Waals surface area contributed by atoms with Gasteiger partial charge in [0.1, 0.15) is 12.4 Å². The first-order valence-corrected chi connectivity index (χ1v) is 12.0. The van der Waals surface area contributed by atoms with Crippen molar-refractivity contribution in [3.63, 3.8) is 0 Å². The summed E-state index contributed by atoms with van der Waals surface area (Å²) in [6.07, 6.45) is 1.67. The van der Waals surface area contributed by atoms with Crippen molar-refractivity contribution in [3.05, 3.63) is 108 Å². The summed E-state index contributed by atoms with van der Waals surface area (Å²) < 4.78 is 6.42. The molecule has 1 heterocycles. The molecule has 4 rings (SSSR count). The zero-order valence-electron chi connectivity index (χ0n) is 17.7. The molecule has 1 aliphatic rings. The Bertz CT molecular complexity index is 1390. The largest absolute Gasteiger partial charge is 0.488 e. The molecule has 0 bridgehead atoms. The zero-order chi connectivity index (χ0) is 24.9. The first-order chi connectivity index (χ1) is 16.8. The van der Waals surface area contributed by atoms with Crippen molar-refractivity contribution < 1.29 is 19.2 Å². The average Bonchev–Trinajstić information content (AvgIpc) is 3.17. The van der Waals surface area contributed by atoms with Crippen molar-refractivity contribution in [2.24, 2.45) is 4.99 Å². The molecular formula is C24H15BrClN3O5S. The monoisotopic (exact) mass is 571 g/mol. The Labute approximate surface area is 217 Å². The summed E-state index contributed by atoms with van der Waals surface area (Å²) in [6, 6.07) is 17.8. The fourth-order valence-corrected chi connectivity index (χ4v) is 4.48. The van der Waals surface area contributed by atoms with Gasteiger partial charge in [-0.05, 0) is 81.3 Å². The molecule has 1 fully saturated rings. The zero-order valence-corrected chi connectivity index (χ0v) is 20.9. The van der Waals surface area contributed by atoms with Gasteiger partial charge in [0.15, 0.2) is 5.17 Å². The van der Waals surface area contributed by atoms with Crippen LogP contribution in [0.25, 0.3) is 6.08 Å². The summed E-state index contributed by atoms with van der Waals surface area (Å²) >= 11 is 10.3. The predicted octanol–water partition coefficient (Wildman–Crippen LogP) is 5.99. The molecule has 1 saturated heterocycles. The van der Waals surface area contributed by atoms with Gasteiger partial charge in [-0.1, -0.05) is 29.8 Å². The molecule has 3 aromatic carbocycles. The highest BCUT2D eigenvalue weighted by molar-refractivity contribution is 9.10. The highest BCUT2D eigenvalue weighted by atomic mass is 79.9. The minimum atomic E-state index is -0.487. The quantitative estimate of drug-likeness (QED) is 0.221. The number of carbonyl (C=O) groups excluding carboxylic acids is 2. The van der Waals surface area contributed by atoms with Gasteiger partial charge >= 0.3 is 0 Å². The van der Waals surface area contributed by atoms with Crippen LogP contribution in [0.3, 0.4) is 0 Å². The Morgan fingerprint density at radius 1 is 1.17 bits per heavy atom. The van der Waals surface area contributed by atoms with Crippen LogP contribution in [0.2, 0.25) is 5.02 Å². The molecule has 3 aromatic rings. The van der Waals surface area contributed by atoms with Crippen molar-refractivity contribution in [3.8, 4) is 5.75 Å². The molecule has 0 radical (unpaired) electrons. The Balaban J connectivity index is 1.43. The number of nitro benzene ring substituents is 1. The molecule has 0 aliphatic carbocycles. The van der Waals surface area contributed by atoms with E-state index in [1.165, 1.54) is 12.1 Å². The van der Waals surface area contributed by atoms with Crippen LogP contribution in [0.1, 0.15) is 21.5 Å². The van der Waals surface area contributed by atoms with Gasteiger partial charge in [0.2, 0.25) is 0 Å². The van der Waals surface area contributed by atoms with E-state index in [0.29, 0.717) is 31.3 Å². The number of halogens is 2. The molecule has 35 heavy (non-hydrogen) atoms. The van der Waals surface area contributed by atoms with Gasteiger partial charge in [0.05, 0.1) is 14.3 Å². The molecule has 0 spiro atoms. The fraction of sp³-hybridized carbons (Fsp3) is 0.0417. The number of amides is 2. The van der Waals surface area contributed by atoms with Gasteiger partial charge in [0, 0.05) is 22.7 Å². The van der Waals surface area contributed by atoms with Crippen LogP contribution in [-0.4, -0.2) is 21.9 Å². The van der Waals surface area contributed by atoms with E-state index in [1.807, 2.05) is 0 Å². The van der Waals surface area contributed by atoms with E-state index in [1.54, 1.807) is 60.7 Å². The van der Waals surface area contributed by atoms with E-state index in [-0.39, 0.29) is 23.4 Å². The van der Waals surface area contributed by atoms with E-state index in [4.69, 9.17) is 16.3 Å². The van der Waals surface area contributed by atoms with Gasteiger partial charge in [0.25, 0.3) is 17.5 Å². The lowest BCUT2D eigenvalue weighted by atomic mass is 10.2. The number of hydrogen-bond acceptors (Lipinski definition) is 6. The summed E-state index contributed by atoms with van der Waals surface area (Å²) in [7, 11) is 0. The minimum Gasteiger partial charge on any atom is -0.488 e. The summed E-state index contributed by atoms with van der Waals surface area (Å²) in [5.74, 6) is -0.309. The molecule has 0 atom stereocenters. The predicted molar refractivity (Wildman–Crippen MR) is 138 cm³/mol. The lowest BCUT2D eigenvalue weighted by Gasteiger charge is -2.09. The second-order valence-electron chi connectivity index (χ2n) is 7.20. The first kappa shape index (κ1) is 24.6. The number of nitrogens with zero attached hydrogens (tertiary/aromatic N) is 2. The van der Waals surface area contributed by atoms with E-state index in [2.05, 4.69) is 26.2 Å². The van der Waals surface area contributed by atoms with Crippen LogP contribution in [0, 0.1) is 10.1 Å². The molecule has 176 valence electrons. The summed E-state index contributed by atoms with van der Waals surface area (Å²) in [4.78, 5) is 39.5. The van der Waals surface area contributed by atoms with Crippen LogP contribution in [0.4, 0.5) is 5.69 Å². The van der Waals surface area contributed by atoms with Crippen molar-refractivity contribution in [2.45, 2.75) is 6.61 Å². The lowest BCUT2D eigenvalue weighted by molar-refractivity contribution is -0.384. The third kappa shape index (κ3) is 6.36. The normalized spacial score (nSPS) is 15.3. The third-order valence-corrected chi connectivity index (χ3v) is 6.50. The molecule has 1 N–H and O–H groups in total. The topological polar surface area (TPSA) is 111 Å². The number of ether oxygens (including phenoxy) is 1. The van der Waals surface area contributed by atoms with Gasteiger partial charge in [-0.3, -0.25) is 19.7 Å². The summed E-state index contributed by atoms with van der Waals surface area (Å²) in [5, 5.41) is 14.2. The lowest BCUT2D eigenvalue weighted by Crippen LogP contribution is -2.20. The average molecular weight is 573 g/mol. The number of nitro groups is 1. The van der Waals surface area contributed by atoms with Gasteiger partial charge in [-0.2, -0.15) is 4.99 Å². The number of amidine groups is 1. The van der Waals surface area contributed by atoms with Crippen LogP contribution in [0.5, 0.6) is 5.75 Å². The van der Waals surface area contributed by atoms with Crippen LogP contribution in [0.15, 0.2) is 81.1 Å². The maximum atomic E-state index is 12.3. The number of benzene rings is 3. The first-order valence-electron chi connectivity index (χ1n) is 10.0. The maximum Gasteiger partial charge on any atom is 0.279 e. The Kier molecular flexibility index (Phi) is 7.64. The second-order valence-corrected chi connectivity index (χ2v) is 9.52. The molecule has 0 aromatic heterocycles. The minimum absolute atomic E-state index is 0.00254. The molecule has 0 saturated carbocycles. The fourth-order valence-electron chi connectivity index (χ4n) is 3.03. The standard InChI is InChI=1S/C24H15BrClN3O5S/c25-19-11-14(4-9-20(19)34-13-15-2-1-3-18(10-15)29(32)33)12-21-23(31)28-24(35-21)27-22(30)16-5-7-17(26)8-6-16/h1-12H,13H2,(H,27,28,30,31)/b21-12-. The van der Waals surface area contributed by atoms with Gasteiger partial charge in [-0.15, -0.1) is 0 Å². The molecular weight excluding hydrogens is 558 g/mol. The van der Waals surface area contributed by atoms with Crippen LogP contribution < -0.4 is 10.1 Å². The third-order valence-electron chi connectivity index (χ3n) is 4.71. The summed E-state index contributed by atoms with van der Waals surface area (Å²) in [6.45, 7) is 0.153. The molecule has 1 aliphatic heterocycles. The molecule has 11 heteroatoms. The van der Waals surface area contributed by atoms with Gasteiger partial charge in [-0.25, -0.2) is 0 Å². The SMILES string of the molecule is O=C1NC(=NC(=O)c2ccc(Cl)cc2)S/C1=C\c1ccc(OCc2cccc([N+](=O)[O-])c2)c(Br)c1. The Morgan fingerprint density at radius 3 is 2.66 bits per heavy atom. The van der Waals surface area contributed by atoms with E-state index >= 15 is 0 Å². The number of non-ortho nitro benzene ring substituents is 1. The number of nitrogens with one attached hydrogen (secondary N) is 1. The Morgan fingerprint density at radius 2 is 1.94 bits per heavy atom. The van der Waals surface area contributed by atoms with Crippen molar-refractivity contribution in [2.75, 3.05) is 0 Å². The number of aliphatic imine (C=N–C) groups is 1. The molecule has 8 nitrogen and oxygen atoms in total.